The highest BCUT2D eigenvalue weighted by molar-refractivity contribution is 9.28. The van der Waals surface area contributed by atoms with Crippen LogP contribution in [-0.2, 0) is 9.57 Å². The zero-order valence-corrected chi connectivity index (χ0v) is 19.0. The van der Waals surface area contributed by atoms with Crippen LogP contribution in [-0.4, -0.2) is 31.1 Å². The van der Waals surface area contributed by atoms with Crippen LogP contribution in [0.4, 0.5) is 0 Å². The van der Waals surface area contributed by atoms with Crippen molar-refractivity contribution in [2.24, 2.45) is 5.16 Å². The van der Waals surface area contributed by atoms with Gasteiger partial charge in [-0.2, -0.15) is 0 Å². The molecule has 150 valence electrons. The molecule has 0 bridgehead atoms. The van der Waals surface area contributed by atoms with Crippen molar-refractivity contribution in [3.05, 3.63) is 70.4 Å². The Morgan fingerprint density at radius 1 is 1.18 bits per heavy atom. The first-order valence-corrected chi connectivity index (χ1v) is 10.3. The minimum Gasteiger partial charge on any atom is -0.491 e. The van der Waals surface area contributed by atoms with Gasteiger partial charge in [-0.25, -0.2) is 0 Å². The number of allylic oxidation sites excluding steroid dienone is 1. The van der Waals surface area contributed by atoms with Gasteiger partial charge in [0.15, 0.2) is 0 Å². The fourth-order valence-electron chi connectivity index (χ4n) is 2.21. The Bertz CT molecular complexity index is 763. The van der Waals surface area contributed by atoms with Crippen molar-refractivity contribution in [3.63, 3.8) is 0 Å². The number of ether oxygens (including phenoxy) is 3. The molecule has 1 aromatic carbocycles. The van der Waals surface area contributed by atoms with E-state index < -0.39 is 0 Å². The van der Waals surface area contributed by atoms with E-state index in [-0.39, 0.29) is 12.2 Å². The maximum absolute atomic E-state index is 5.92. The van der Waals surface area contributed by atoms with Crippen molar-refractivity contribution in [2.45, 2.75) is 26.1 Å². The van der Waals surface area contributed by atoms with Crippen LogP contribution in [0.5, 0.6) is 11.5 Å². The van der Waals surface area contributed by atoms with Crippen molar-refractivity contribution in [1.29, 1.82) is 0 Å². The number of benzene rings is 1. The molecule has 1 atom stereocenters. The third kappa shape index (κ3) is 8.04. The summed E-state index contributed by atoms with van der Waals surface area (Å²) in [5, 5.41) is 4.14. The van der Waals surface area contributed by atoms with Crippen LogP contribution in [0, 0.1) is 0 Å². The fourth-order valence-corrected chi connectivity index (χ4v) is 2.48. The third-order valence-corrected chi connectivity index (χ3v) is 3.97. The van der Waals surface area contributed by atoms with Gasteiger partial charge in [0.2, 0.25) is 0 Å². The molecule has 0 heterocycles. The minimum atomic E-state index is -0.338. The zero-order valence-electron chi connectivity index (χ0n) is 15.8. The first kappa shape index (κ1) is 22.5. The molecule has 1 unspecified atom stereocenters. The molecule has 0 aromatic heterocycles. The summed E-state index contributed by atoms with van der Waals surface area (Å²) in [6.45, 7) is 8.31. The van der Waals surface area contributed by atoms with Crippen LogP contribution in [0.1, 0.15) is 13.8 Å². The molecule has 7 heteroatoms. The van der Waals surface area contributed by atoms with Gasteiger partial charge in [-0.3, -0.25) is 0 Å². The fraction of sp³-hybridized carbons (Fsp3) is 0.286. The number of oxime groups is 1. The summed E-state index contributed by atoms with van der Waals surface area (Å²) in [4.78, 5) is 5.24. The first-order chi connectivity index (χ1) is 13.5. The second kappa shape index (κ2) is 11.9. The van der Waals surface area contributed by atoms with Crippen molar-refractivity contribution >= 4 is 37.6 Å². The Labute approximate surface area is 182 Å². The van der Waals surface area contributed by atoms with E-state index in [4.69, 9.17) is 19.0 Å². The van der Waals surface area contributed by atoms with E-state index in [1.165, 1.54) is 0 Å². The van der Waals surface area contributed by atoms with Gasteiger partial charge in [-0.15, -0.1) is 0 Å². The predicted molar refractivity (Wildman–Crippen MR) is 119 cm³/mol. The lowest BCUT2D eigenvalue weighted by molar-refractivity contribution is 0.139. The second-order valence-electron chi connectivity index (χ2n) is 5.99. The lowest BCUT2D eigenvalue weighted by Crippen LogP contribution is -2.24. The quantitative estimate of drug-likeness (QED) is 0.223. The van der Waals surface area contributed by atoms with Gasteiger partial charge < -0.3 is 19.0 Å². The van der Waals surface area contributed by atoms with Gasteiger partial charge in [0.25, 0.3) is 0 Å². The highest BCUT2D eigenvalue weighted by Crippen LogP contribution is 2.22. The summed E-state index contributed by atoms with van der Waals surface area (Å²) < 4.78 is 18.2. The normalized spacial score (nSPS) is 17.2. The van der Waals surface area contributed by atoms with Crippen molar-refractivity contribution in [3.8, 4) is 11.5 Å². The number of hydrogen-bond donors (Lipinski definition) is 0. The van der Waals surface area contributed by atoms with Gasteiger partial charge in [0.05, 0.1) is 16.1 Å². The minimum absolute atomic E-state index is 0.127. The van der Waals surface area contributed by atoms with Crippen LogP contribution in [0.2, 0.25) is 0 Å². The second-order valence-corrected chi connectivity index (χ2v) is 8.77. The van der Waals surface area contributed by atoms with Crippen molar-refractivity contribution < 1.29 is 19.0 Å². The average Bonchev–Trinajstić information content (AvgIpc) is 2.64. The zero-order chi connectivity index (χ0) is 20.4. The predicted octanol–water partition coefficient (Wildman–Crippen LogP) is 5.88. The van der Waals surface area contributed by atoms with E-state index in [0.29, 0.717) is 30.4 Å². The summed E-state index contributed by atoms with van der Waals surface area (Å²) >= 11 is 6.61. The van der Waals surface area contributed by atoms with Crippen molar-refractivity contribution in [1.82, 2.24) is 0 Å². The molecule has 0 saturated heterocycles. The number of hydrogen-bond acceptors (Lipinski definition) is 5. The summed E-state index contributed by atoms with van der Waals surface area (Å²) in [6.07, 6.45) is 8.79. The summed E-state index contributed by atoms with van der Waals surface area (Å²) in [6, 6.07) is 7.47. The van der Waals surface area contributed by atoms with Gasteiger partial charge in [-0.1, -0.05) is 17.8 Å². The molecular formula is C21H23Br2NO4. The molecule has 0 N–H and O–H groups in total. The van der Waals surface area contributed by atoms with Gasteiger partial charge in [-0.05, 0) is 88.2 Å². The van der Waals surface area contributed by atoms with E-state index in [1.807, 2.05) is 56.3 Å². The molecule has 1 aliphatic rings. The van der Waals surface area contributed by atoms with Gasteiger partial charge in [0.1, 0.15) is 35.7 Å². The third-order valence-electron chi connectivity index (χ3n) is 3.32. The topological polar surface area (TPSA) is 49.3 Å². The van der Waals surface area contributed by atoms with E-state index >= 15 is 0 Å². The molecule has 2 rings (SSSR count). The van der Waals surface area contributed by atoms with E-state index in [1.54, 1.807) is 12.2 Å². The molecule has 28 heavy (non-hydrogen) atoms. The number of halogens is 2. The molecule has 0 saturated carbocycles. The van der Waals surface area contributed by atoms with Crippen LogP contribution in [0.15, 0.2) is 75.5 Å². The summed E-state index contributed by atoms with van der Waals surface area (Å²) in [5.74, 6) is 2.13. The highest BCUT2D eigenvalue weighted by Gasteiger charge is 2.18. The standard InChI is InChI=1S/C21H23Br2NO4/c1-4-12-26-24-19-14-18(9-10-20(19)25-13-11-21(22)23)28-17-7-5-16(6-8-17)27-15(2)3/h4-11,14-15,20H,1,12-13H2,2-3H3/b24-19-. The van der Waals surface area contributed by atoms with Gasteiger partial charge in [0, 0.05) is 6.08 Å². The molecule has 0 spiro atoms. The lowest BCUT2D eigenvalue weighted by Gasteiger charge is -2.18. The Hall–Kier alpha value is -1.83. The van der Waals surface area contributed by atoms with Crippen LogP contribution < -0.4 is 9.47 Å². The molecule has 0 aliphatic heterocycles. The van der Waals surface area contributed by atoms with Crippen LogP contribution >= 0.6 is 31.9 Å². The lowest BCUT2D eigenvalue weighted by atomic mass is 10.1. The first-order valence-electron chi connectivity index (χ1n) is 8.76. The maximum Gasteiger partial charge on any atom is 0.135 e. The van der Waals surface area contributed by atoms with E-state index in [0.717, 1.165) is 9.14 Å². The van der Waals surface area contributed by atoms with E-state index in [9.17, 15) is 0 Å². The van der Waals surface area contributed by atoms with Crippen molar-refractivity contribution in [2.75, 3.05) is 13.2 Å². The van der Waals surface area contributed by atoms with Crippen LogP contribution in [0.3, 0.4) is 0 Å². The SMILES string of the molecule is C=CCO/N=C1/C=C(Oc2ccc(OC(C)C)cc2)C=CC1OCC=C(Br)Br. The molecule has 0 amide bonds. The highest BCUT2D eigenvalue weighted by atomic mass is 79.9. The molecule has 0 radical (unpaired) electrons. The summed E-state index contributed by atoms with van der Waals surface area (Å²) in [5.41, 5.74) is 0.609. The summed E-state index contributed by atoms with van der Waals surface area (Å²) in [7, 11) is 0. The monoisotopic (exact) mass is 511 g/mol. The Morgan fingerprint density at radius 3 is 2.54 bits per heavy atom. The number of rotatable bonds is 10. The molecular weight excluding hydrogens is 490 g/mol. The van der Waals surface area contributed by atoms with Crippen LogP contribution in [0.25, 0.3) is 0 Å². The Balaban J connectivity index is 2.07. The molecule has 5 nitrogen and oxygen atoms in total. The average molecular weight is 513 g/mol. The van der Waals surface area contributed by atoms with E-state index in [2.05, 4.69) is 43.6 Å². The largest absolute Gasteiger partial charge is 0.491 e. The molecule has 1 aromatic rings. The smallest absolute Gasteiger partial charge is 0.135 e. The Kier molecular flexibility index (Phi) is 9.54. The van der Waals surface area contributed by atoms with Gasteiger partial charge >= 0.3 is 0 Å². The maximum atomic E-state index is 5.92. The molecule has 0 fully saturated rings. The number of nitrogens with zero attached hydrogens (tertiary/aromatic N) is 1. The molecule has 1 aliphatic carbocycles. The Morgan fingerprint density at radius 2 is 1.89 bits per heavy atom.